The molecule has 19 heavy (non-hydrogen) atoms. The van der Waals surface area contributed by atoms with Gasteiger partial charge in [-0.3, -0.25) is 4.79 Å². The minimum Gasteiger partial charge on any atom is -0.504 e. The molecule has 1 aromatic carbocycles. The lowest BCUT2D eigenvalue weighted by Gasteiger charge is -2.15. The Hall–Kier alpha value is -0.930. The van der Waals surface area contributed by atoms with Gasteiger partial charge in [-0.1, -0.05) is 48.9 Å². The van der Waals surface area contributed by atoms with Crippen LogP contribution in [0.5, 0.6) is 5.75 Å². The maximum atomic E-state index is 12.2. The average Bonchev–Trinajstić information content (AvgIpc) is 2.64. The molecule has 3 nitrogen and oxygen atoms in total. The molecular weight excluding hydrogens is 285 g/mol. The fourth-order valence-electron chi connectivity index (χ4n) is 2.44. The number of rotatable bonds is 2. The highest BCUT2D eigenvalue weighted by Gasteiger charge is 2.21. The number of carbonyl (C=O) groups is 1. The molecule has 2 rings (SSSR count). The van der Waals surface area contributed by atoms with Crippen LogP contribution in [0.25, 0.3) is 0 Å². The van der Waals surface area contributed by atoms with Gasteiger partial charge in [0.15, 0.2) is 5.75 Å². The normalized spacial score (nSPS) is 16.9. The number of anilines is 1. The lowest BCUT2D eigenvalue weighted by molar-refractivity contribution is -0.120. The van der Waals surface area contributed by atoms with Crippen LogP contribution >= 0.6 is 23.2 Å². The van der Waals surface area contributed by atoms with Crippen LogP contribution in [0, 0.1) is 5.92 Å². The number of carbonyl (C=O) groups excluding carboxylic acids is 1. The Kier molecular flexibility index (Phi) is 4.94. The molecule has 0 spiro atoms. The summed E-state index contributed by atoms with van der Waals surface area (Å²) in [5.74, 6) is -0.178. The van der Waals surface area contributed by atoms with E-state index in [1.54, 1.807) is 0 Å². The first-order chi connectivity index (χ1) is 9.08. The first-order valence-corrected chi connectivity index (χ1v) is 7.32. The van der Waals surface area contributed by atoms with Crippen molar-refractivity contribution < 1.29 is 9.90 Å². The van der Waals surface area contributed by atoms with Gasteiger partial charge in [0, 0.05) is 10.9 Å². The summed E-state index contributed by atoms with van der Waals surface area (Å²) in [6.45, 7) is 0. The minimum absolute atomic E-state index is 0.0136. The van der Waals surface area contributed by atoms with Crippen molar-refractivity contribution >= 4 is 34.8 Å². The van der Waals surface area contributed by atoms with E-state index in [4.69, 9.17) is 23.2 Å². The SMILES string of the molecule is O=C(Nc1cc(Cl)cc(Cl)c1O)C1CCCCCC1. The number of halogens is 2. The van der Waals surface area contributed by atoms with E-state index in [2.05, 4.69) is 5.32 Å². The van der Waals surface area contributed by atoms with Gasteiger partial charge in [0.25, 0.3) is 0 Å². The van der Waals surface area contributed by atoms with E-state index in [-0.39, 0.29) is 28.3 Å². The number of phenols is 1. The fraction of sp³-hybridized carbons (Fsp3) is 0.500. The summed E-state index contributed by atoms with van der Waals surface area (Å²) in [5, 5.41) is 13.1. The van der Waals surface area contributed by atoms with Gasteiger partial charge in [-0.05, 0) is 25.0 Å². The Labute approximate surface area is 122 Å². The standard InChI is InChI=1S/C14H17Cl2NO2/c15-10-7-11(16)13(18)12(8-10)17-14(19)9-5-3-1-2-4-6-9/h7-9,18H,1-6H2,(H,17,19). The second kappa shape index (κ2) is 6.49. The molecule has 1 saturated carbocycles. The molecule has 1 aliphatic carbocycles. The highest BCUT2D eigenvalue weighted by atomic mass is 35.5. The lowest BCUT2D eigenvalue weighted by Crippen LogP contribution is -2.22. The summed E-state index contributed by atoms with van der Waals surface area (Å²) in [6, 6.07) is 2.96. The van der Waals surface area contributed by atoms with E-state index in [0.29, 0.717) is 5.02 Å². The molecule has 1 aromatic rings. The van der Waals surface area contributed by atoms with Crippen molar-refractivity contribution in [3.8, 4) is 5.75 Å². The monoisotopic (exact) mass is 301 g/mol. The predicted octanol–water partition coefficient (Wildman–Crippen LogP) is 4.61. The van der Waals surface area contributed by atoms with Crippen molar-refractivity contribution in [1.82, 2.24) is 0 Å². The van der Waals surface area contributed by atoms with E-state index in [1.165, 1.54) is 25.0 Å². The van der Waals surface area contributed by atoms with E-state index >= 15 is 0 Å². The van der Waals surface area contributed by atoms with Crippen LogP contribution in [0.4, 0.5) is 5.69 Å². The van der Waals surface area contributed by atoms with Crippen LogP contribution in [0.15, 0.2) is 12.1 Å². The minimum atomic E-state index is -0.131. The molecule has 0 heterocycles. The second-order valence-electron chi connectivity index (χ2n) is 4.96. The van der Waals surface area contributed by atoms with Crippen molar-refractivity contribution in [2.75, 3.05) is 5.32 Å². The van der Waals surface area contributed by atoms with Crippen molar-refractivity contribution in [3.63, 3.8) is 0 Å². The number of hydrogen-bond acceptors (Lipinski definition) is 2. The van der Waals surface area contributed by atoms with Gasteiger partial charge in [0.1, 0.15) is 0 Å². The average molecular weight is 302 g/mol. The predicted molar refractivity (Wildman–Crippen MR) is 77.9 cm³/mol. The van der Waals surface area contributed by atoms with Crippen molar-refractivity contribution in [2.24, 2.45) is 5.92 Å². The summed E-state index contributed by atoms with van der Waals surface area (Å²) >= 11 is 11.7. The molecule has 1 amide bonds. The van der Waals surface area contributed by atoms with Crippen LogP contribution < -0.4 is 5.32 Å². The van der Waals surface area contributed by atoms with Crippen molar-refractivity contribution in [1.29, 1.82) is 0 Å². The van der Waals surface area contributed by atoms with E-state index in [1.807, 2.05) is 0 Å². The van der Waals surface area contributed by atoms with Gasteiger partial charge in [-0.25, -0.2) is 0 Å². The topological polar surface area (TPSA) is 49.3 Å². The van der Waals surface area contributed by atoms with Gasteiger partial charge < -0.3 is 10.4 Å². The lowest BCUT2D eigenvalue weighted by atomic mass is 9.99. The van der Waals surface area contributed by atoms with Gasteiger partial charge in [0.2, 0.25) is 5.91 Å². The Balaban J connectivity index is 2.09. The van der Waals surface area contributed by atoms with Crippen LogP contribution in [-0.2, 0) is 4.79 Å². The third-order valence-electron chi connectivity index (χ3n) is 3.51. The highest BCUT2D eigenvalue weighted by Crippen LogP contribution is 2.35. The number of amides is 1. The number of aromatic hydroxyl groups is 1. The summed E-state index contributed by atoms with van der Waals surface area (Å²) in [5.41, 5.74) is 0.284. The maximum Gasteiger partial charge on any atom is 0.227 e. The Bertz CT molecular complexity index is 469. The Morgan fingerprint density at radius 3 is 2.42 bits per heavy atom. The van der Waals surface area contributed by atoms with Crippen LogP contribution in [0.3, 0.4) is 0 Å². The Morgan fingerprint density at radius 2 is 1.79 bits per heavy atom. The number of phenolic OH excluding ortho intramolecular Hbond substituents is 1. The quantitative estimate of drug-likeness (QED) is 0.619. The van der Waals surface area contributed by atoms with Crippen LogP contribution in [0.2, 0.25) is 10.0 Å². The smallest absolute Gasteiger partial charge is 0.227 e. The fourth-order valence-corrected chi connectivity index (χ4v) is 2.93. The summed E-state index contributed by atoms with van der Waals surface area (Å²) in [6.07, 6.45) is 6.36. The molecule has 0 saturated heterocycles. The van der Waals surface area contributed by atoms with Crippen LogP contribution in [0.1, 0.15) is 38.5 Å². The summed E-state index contributed by atoms with van der Waals surface area (Å²) < 4.78 is 0. The van der Waals surface area contributed by atoms with Gasteiger partial charge in [-0.15, -0.1) is 0 Å². The van der Waals surface area contributed by atoms with E-state index in [0.717, 1.165) is 25.7 Å². The molecule has 5 heteroatoms. The molecule has 0 unspecified atom stereocenters. The van der Waals surface area contributed by atoms with Gasteiger partial charge in [0.05, 0.1) is 10.7 Å². The summed E-state index contributed by atoms with van der Waals surface area (Å²) in [7, 11) is 0. The number of benzene rings is 1. The molecule has 1 aliphatic rings. The molecule has 0 bridgehead atoms. The van der Waals surface area contributed by atoms with Crippen molar-refractivity contribution in [3.05, 3.63) is 22.2 Å². The van der Waals surface area contributed by atoms with Crippen LogP contribution in [-0.4, -0.2) is 11.0 Å². The molecular formula is C14H17Cl2NO2. The van der Waals surface area contributed by atoms with E-state index < -0.39 is 0 Å². The zero-order valence-corrected chi connectivity index (χ0v) is 12.1. The molecule has 104 valence electrons. The first kappa shape index (κ1) is 14.5. The van der Waals surface area contributed by atoms with Gasteiger partial charge >= 0.3 is 0 Å². The first-order valence-electron chi connectivity index (χ1n) is 6.57. The van der Waals surface area contributed by atoms with Crippen molar-refractivity contribution in [2.45, 2.75) is 38.5 Å². The van der Waals surface area contributed by atoms with E-state index in [9.17, 15) is 9.90 Å². The largest absolute Gasteiger partial charge is 0.504 e. The summed E-state index contributed by atoms with van der Waals surface area (Å²) in [4.78, 5) is 12.2. The molecule has 0 aliphatic heterocycles. The molecule has 1 fully saturated rings. The highest BCUT2D eigenvalue weighted by molar-refractivity contribution is 6.36. The molecule has 0 atom stereocenters. The third kappa shape index (κ3) is 3.77. The zero-order chi connectivity index (χ0) is 13.8. The zero-order valence-electron chi connectivity index (χ0n) is 10.6. The van der Waals surface area contributed by atoms with Gasteiger partial charge in [-0.2, -0.15) is 0 Å². The molecule has 2 N–H and O–H groups in total. The maximum absolute atomic E-state index is 12.2. The number of hydrogen-bond donors (Lipinski definition) is 2. The molecule has 0 aromatic heterocycles. The molecule has 0 radical (unpaired) electrons. The second-order valence-corrected chi connectivity index (χ2v) is 5.81. The number of nitrogens with one attached hydrogen (secondary N) is 1. The Morgan fingerprint density at radius 1 is 1.16 bits per heavy atom. The third-order valence-corrected chi connectivity index (χ3v) is 4.02.